The molecule has 1 heterocycles. The molecule has 1 aromatic heterocycles. The van der Waals surface area contributed by atoms with Gasteiger partial charge in [-0.25, -0.2) is 4.98 Å². The minimum Gasteiger partial charge on any atom is -0.323 e. The first-order valence-electron chi connectivity index (χ1n) is 5.42. The number of nitrogens with zero attached hydrogens (tertiary/aromatic N) is 1. The SMILES string of the molecule is CC(N)c1cnc(-c2ccc(SC(F)(F)F)cc2)s1. The molecule has 0 amide bonds. The van der Waals surface area contributed by atoms with Crippen molar-refractivity contribution in [1.82, 2.24) is 4.98 Å². The van der Waals surface area contributed by atoms with Crippen molar-refractivity contribution in [2.24, 2.45) is 5.73 Å². The number of hydrogen-bond acceptors (Lipinski definition) is 4. The van der Waals surface area contributed by atoms with E-state index in [-0.39, 0.29) is 22.7 Å². The van der Waals surface area contributed by atoms with Crippen LogP contribution in [0.2, 0.25) is 0 Å². The molecule has 0 radical (unpaired) electrons. The van der Waals surface area contributed by atoms with Gasteiger partial charge in [-0.2, -0.15) is 13.2 Å². The second kappa shape index (κ2) is 5.52. The van der Waals surface area contributed by atoms with Crippen molar-refractivity contribution in [2.45, 2.75) is 23.4 Å². The summed E-state index contributed by atoms with van der Waals surface area (Å²) >= 11 is 1.33. The average Bonchev–Trinajstić information content (AvgIpc) is 2.77. The summed E-state index contributed by atoms with van der Waals surface area (Å²) in [6, 6.07) is 6.07. The number of thioether (sulfide) groups is 1. The zero-order chi connectivity index (χ0) is 14.0. The molecule has 2 aromatic rings. The van der Waals surface area contributed by atoms with Gasteiger partial charge in [0.05, 0.1) is 0 Å². The second-order valence-electron chi connectivity index (χ2n) is 3.93. The van der Waals surface area contributed by atoms with Gasteiger partial charge in [-0.1, -0.05) is 12.1 Å². The van der Waals surface area contributed by atoms with Crippen molar-refractivity contribution in [3.8, 4) is 10.6 Å². The standard InChI is InChI=1S/C12H11F3N2S2/c1-7(16)10-6-17-11(18-10)8-2-4-9(5-3-8)19-12(13,14)15/h2-7H,16H2,1H3. The van der Waals surface area contributed by atoms with E-state index in [1.54, 1.807) is 18.3 Å². The maximum absolute atomic E-state index is 12.2. The van der Waals surface area contributed by atoms with Gasteiger partial charge in [0.25, 0.3) is 0 Å². The fourth-order valence-corrected chi connectivity index (χ4v) is 2.84. The summed E-state index contributed by atoms with van der Waals surface area (Å²) in [5.41, 5.74) is 2.28. The molecular formula is C12H11F3N2S2. The number of hydrogen-bond donors (Lipinski definition) is 1. The van der Waals surface area contributed by atoms with Gasteiger partial charge in [0.1, 0.15) is 5.01 Å². The van der Waals surface area contributed by atoms with Crippen LogP contribution >= 0.6 is 23.1 Å². The number of benzene rings is 1. The summed E-state index contributed by atoms with van der Waals surface area (Å²) < 4.78 is 36.6. The van der Waals surface area contributed by atoms with Crippen molar-refractivity contribution in [3.63, 3.8) is 0 Å². The molecule has 1 unspecified atom stereocenters. The number of rotatable bonds is 3. The van der Waals surface area contributed by atoms with Gasteiger partial charge in [0, 0.05) is 27.6 Å². The molecule has 0 saturated heterocycles. The molecule has 0 spiro atoms. The minimum absolute atomic E-state index is 0.0914. The van der Waals surface area contributed by atoms with E-state index < -0.39 is 5.51 Å². The second-order valence-corrected chi connectivity index (χ2v) is 6.13. The van der Waals surface area contributed by atoms with Crippen LogP contribution in [0.3, 0.4) is 0 Å². The number of alkyl halides is 3. The maximum atomic E-state index is 12.2. The summed E-state index contributed by atoms with van der Waals surface area (Å²) in [4.78, 5) is 5.34. The van der Waals surface area contributed by atoms with E-state index in [0.717, 1.165) is 15.4 Å². The van der Waals surface area contributed by atoms with Crippen molar-refractivity contribution in [3.05, 3.63) is 35.3 Å². The Balaban J connectivity index is 2.17. The van der Waals surface area contributed by atoms with Crippen LogP contribution in [0.15, 0.2) is 35.4 Å². The first-order chi connectivity index (χ1) is 8.85. The van der Waals surface area contributed by atoms with Gasteiger partial charge in [-0.3, -0.25) is 0 Å². The highest BCUT2D eigenvalue weighted by molar-refractivity contribution is 8.00. The van der Waals surface area contributed by atoms with Crippen molar-refractivity contribution in [1.29, 1.82) is 0 Å². The zero-order valence-electron chi connectivity index (χ0n) is 9.94. The van der Waals surface area contributed by atoms with Crippen molar-refractivity contribution in [2.75, 3.05) is 0 Å². The predicted octanol–water partition coefficient (Wildman–Crippen LogP) is 4.44. The lowest BCUT2D eigenvalue weighted by molar-refractivity contribution is -0.0328. The third kappa shape index (κ3) is 3.95. The summed E-state index contributed by atoms with van der Waals surface area (Å²) in [5, 5.41) is 0.760. The van der Waals surface area contributed by atoms with E-state index in [4.69, 9.17) is 5.73 Å². The lowest BCUT2D eigenvalue weighted by Crippen LogP contribution is -2.01. The molecule has 7 heteroatoms. The lowest BCUT2D eigenvalue weighted by Gasteiger charge is -2.05. The maximum Gasteiger partial charge on any atom is 0.446 e. The zero-order valence-corrected chi connectivity index (χ0v) is 11.6. The van der Waals surface area contributed by atoms with Gasteiger partial charge >= 0.3 is 5.51 Å². The minimum atomic E-state index is -4.26. The normalized spacial score (nSPS) is 13.5. The molecule has 102 valence electrons. The van der Waals surface area contributed by atoms with Crippen LogP contribution < -0.4 is 5.73 Å². The summed E-state index contributed by atoms with van der Waals surface area (Å²) in [7, 11) is 0. The molecule has 1 atom stereocenters. The Bertz CT molecular complexity index is 547. The molecule has 2 N–H and O–H groups in total. The van der Waals surface area contributed by atoms with Crippen molar-refractivity contribution >= 4 is 23.1 Å². The fourth-order valence-electron chi connectivity index (χ4n) is 1.43. The first-order valence-corrected chi connectivity index (χ1v) is 7.06. The Hall–Kier alpha value is -1.05. The van der Waals surface area contributed by atoms with E-state index in [1.807, 2.05) is 6.92 Å². The smallest absolute Gasteiger partial charge is 0.323 e. The molecule has 0 bridgehead atoms. The highest BCUT2D eigenvalue weighted by atomic mass is 32.2. The largest absolute Gasteiger partial charge is 0.446 e. The number of aromatic nitrogens is 1. The summed E-state index contributed by atoms with van der Waals surface area (Å²) in [6.07, 6.45) is 1.70. The Labute approximate surface area is 116 Å². The average molecular weight is 304 g/mol. The van der Waals surface area contributed by atoms with Gasteiger partial charge < -0.3 is 5.73 Å². The van der Waals surface area contributed by atoms with Crippen LogP contribution in [0.1, 0.15) is 17.8 Å². The van der Waals surface area contributed by atoms with Gasteiger partial charge in [0.2, 0.25) is 0 Å². The Kier molecular flexibility index (Phi) is 4.17. The van der Waals surface area contributed by atoms with Crippen molar-refractivity contribution < 1.29 is 13.2 Å². The molecule has 1 aromatic carbocycles. The quantitative estimate of drug-likeness (QED) is 0.852. The Morgan fingerprint density at radius 2 is 1.89 bits per heavy atom. The third-order valence-corrected chi connectivity index (χ3v) is 4.29. The monoisotopic (exact) mass is 304 g/mol. The van der Waals surface area contributed by atoms with Crippen LogP contribution in [-0.2, 0) is 0 Å². The van der Waals surface area contributed by atoms with E-state index in [1.165, 1.54) is 23.5 Å². The molecule has 2 nitrogen and oxygen atoms in total. The summed E-state index contributed by atoms with van der Waals surface area (Å²) in [5.74, 6) is 0. The molecule has 0 fully saturated rings. The number of nitrogens with two attached hydrogens (primary N) is 1. The molecule has 0 saturated carbocycles. The topological polar surface area (TPSA) is 38.9 Å². The highest BCUT2D eigenvalue weighted by Crippen LogP contribution is 2.37. The van der Waals surface area contributed by atoms with Crippen LogP contribution in [0, 0.1) is 0 Å². The Morgan fingerprint density at radius 3 is 2.37 bits per heavy atom. The van der Waals surface area contributed by atoms with E-state index in [0.29, 0.717) is 0 Å². The molecule has 0 aliphatic rings. The van der Waals surface area contributed by atoms with Gasteiger partial charge in [-0.15, -0.1) is 11.3 Å². The van der Waals surface area contributed by atoms with Crippen LogP contribution in [0.25, 0.3) is 10.6 Å². The lowest BCUT2D eigenvalue weighted by atomic mass is 10.2. The third-order valence-electron chi connectivity index (χ3n) is 2.31. The first kappa shape index (κ1) is 14.4. The van der Waals surface area contributed by atoms with E-state index >= 15 is 0 Å². The fraction of sp³-hybridized carbons (Fsp3) is 0.250. The van der Waals surface area contributed by atoms with Gasteiger partial charge in [-0.05, 0) is 30.8 Å². The molecular weight excluding hydrogens is 293 g/mol. The molecule has 2 rings (SSSR count). The van der Waals surface area contributed by atoms with Crippen LogP contribution in [-0.4, -0.2) is 10.5 Å². The number of thiazole rings is 1. The summed E-state index contributed by atoms with van der Waals surface area (Å²) in [6.45, 7) is 1.86. The highest BCUT2D eigenvalue weighted by Gasteiger charge is 2.29. The molecule has 19 heavy (non-hydrogen) atoms. The molecule has 0 aliphatic carbocycles. The van der Waals surface area contributed by atoms with E-state index in [2.05, 4.69) is 4.98 Å². The predicted molar refractivity (Wildman–Crippen MR) is 72.1 cm³/mol. The number of halogens is 3. The van der Waals surface area contributed by atoms with Crippen LogP contribution in [0.5, 0.6) is 0 Å². The van der Waals surface area contributed by atoms with Gasteiger partial charge in [0.15, 0.2) is 0 Å². The molecule has 0 aliphatic heterocycles. The Morgan fingerprint density at radius 1 is 1.26 bits per heavy atom. The van der Waals surface area contributed by atoms with Crippen LogP contribution in [0.4, 0.5) is 13.2 Å². The van der Waals surface area contributed by atoms with E-state index in [9.17, 15) is 13.2 Å².